The third kappa shape index (κ3) is 3.93. The quantitative estimate of drug-likeness (QED) is 0.729. The van der Waals surface area contributed by atoms with Gasteiger partial charge in [0.2, 0.25) is 0 Å². The number of carbonyl (C=O) groups is 1. The van der Waals surface area contributed by atoms with Crippen LogP contribution in [-0.4, -0.2) is 32.7 Å². The average Bonchev–Trinajstić information content (AvgIpc) is 2.68. The molecule has 0 spiro atoms. The molecule has 0 fully saturated rings. The number of fused-ring (bicyclic) bond motifs is 2. The number of benzene rings is 1. The van der Waals surface area contributed by atoms with E-state index in [9.17, 15) is 4.79 Å². The van der Waals surface area contributed by atoms with Crippen LogP contribution in [0.3, 0.4) is 0 Å². The summed E-state index contributed by atoms with van der Waals surface area (Å²) >= 11 is 0. The normalized spacial score (nSPS) is 13.2. The van der Waals surface area contributed by atoms with Gasteiger partial charge in [-0.2, -0.15) is 10.2 Å². The molecule has 4 rings (SSSR count). The van der Waals surface area contributed by atoms with Crippen molar-refractivity contribution < 1.29 is 4.79 Å². The first-order valence-corrected chi connectivity index (χ1v) is 9.73. The van der Waals surface area contributed by atoms with E-state index in [0.717, 1.165) is 41.0 Å². The van der Waals surface area contributed by atoms with Crippen LogP contribution in [-0.2, 0) is 19.3 Å². The molecule has 0 aliphatic heterocycles. The van der Waals surface area contributed by atoms with Crippen molar-refractivity contribution in [2.45, 2.75) is 46.0 Å². The van der Waals surface area contributed by atoms with Crippen LogP contribution in [0.25, 0.3) is 10.9 Å². The smallest absolute Gasteiger partial charge is 0.319 e. The third-order valence-electron chi connectivity index (χ3n) is 5.07. The minimum Gasteiger partial charge on any atom is -0.337 e. The molecule has 2 N–H and O–H groups in total. The minimum atomic E-state index is -0.253. The maximum Gasteiger partial charge on any atom is 0.319 e. The van der Waals surface area contributed by atoms with Crippen LogP contribution in [0.2, 0.25) is 0 Å². The molecule has 0 saturated heterocycles. The fourth-order valence-corrected chi connectivity index (χ4v) is 3.68. The molecule has 1 aromatic carbocycles. The SMILES string of the molecule is Cc1cc2c(NC(=O)NCCc3nc(C)c4c(n3)CCCC4)cccc2nn1. The van der Waals surface area contributed by atoms with Crippen LogP contribution in [0, 0.1) is 13.8 Å². The second-order valence-corrected chi connectivity index (χ2v) is 7.21. The second-order valence-electron chi connectivity index (χ2n) is 7.21. The molecule has 7 heteroatoms. The lowest BCUT2D eigenvalue weighted by Gasteiger charge is -2.17. The highest BCUT2D eigenvalue weighted by Crippen LogP contribution is 2.22. The number of carbonyl (C=O) groups excluding carboxylic acids is 1. The van der Waals surface area contributed by atoms with Gasteiger partial charge in [-0.05, 0) is 63.3 Å². The maximum atomic E-state index is 12.3. The van der Waals surface area contributed by atoms with Gasteiger partial charge in [-0.25, -0.2) is 14.8 Å². The number of anilines is 1. The highest BCUT2D eigenvalue weighted by Gasteiger charge is 2.15. The lowest BCUT2D eigenvalue weighted by atomic mass is 9.95. The summed E-state index contributed by atoms with van der Waals surface area (Å²) in [5, 5.41) is 14.9. The van der Waals surface area contributed by atoms with E-state index in [2.05, 4.69) is 32.7 Å². The van der Waals surface area contributed by atoms with Gasteiger partial charge in [0, 0.05) is 29.7 Å². The van der Waals surface area contributed by atoms with Crippen molar-refractivity contribution in [1.82, 2.24) is 25.5 Å². The number of urea groups is 1. The average molecular weight is 376 g/mol. The Morgan fingerprint density at radius 2 is 1.96 bits per heavy atom. The van der Waals surface area contributed by atoms with Gasteiger partial charge in [-0.15, -0.1) is 0 Å². The molecule has 0 radical (unpaired) electrons. The van der Waals surface area contributed by atoms with Crippen molar-refractivity contribution in [2.75, 3.05) is 11.9 Å². The number of aromatic nitrogens is 4. The molecule has 28 heavy (non-hydrogen) atoms. The summed E-state index contributed by atoms with van der Waals surface area (Å²) < 4.78 is 0. The van der Waals surface area contributed by atoms with Crippen LogP contribution in [0.5, 0.6) is 0 Å². The predicted octanol–water partition coefficient (Wildman–Crippen LogP) is 3.28. The van der Waals surface area contributed by atoms with Crippen molar-refractivity contribution in [3.8, 4) is 0 Å². The molecule has 0 unspecified atom stereocenters. The molecule has 0 bridgehead atoms. The highest BCUT2D eigenvalue weighted by atomic mass is 16.2. The van der Waals surface area contributed by atoms with Crippen LogP contribution >= 0.6 is 0 Å². The predicted molar refractivity (Wildman–Crippen MR) is 108 cm³/mol. The Bertz CT molecular complexity index is 1030. The summed E-state index contributed by atoms with van der Waals surface area (Å²) in [6.07, 6.45) is 5.14. The van der Waals surface area contributed by atoms with Crippen LogP contribution in [0.15, 0.2) is 24.3 Å². The van der Waals surface area contributed by atoms with Crippen LogP contribution in [0.1, 0.15) is 41.3 Å². The molecular formula is C21H24N6O. The minimum absolute atomic E-state index is 0.253. The van der Waals surface area contributed by atoms with Gasteiger partial charge in [0.1, 0.15) is 5.82 Å². The van der Waals surface area contributed by atoms with Gasteiger partial charge >= 0.3 is 6.03 Å². The first-order chi connectivity index (χ1) is 13.6. The Balaban J connectivity index is 1.38. The molecule has 0 atom stereocenters. The topological polar surface area (TPSA) is 92.7 Å². The number of hydrogen-bond donors (Lipinski definition) is 2. The molecule has 2 heterocycles. The first-order valence-electron chi connectivity index (χ1n) is 9.73. The largest absolute Gasteiger partial charge is 0.337 e. The lowest BCUT2D eigenvalue weighted by Crippen LogP contribution is -2.31. The van der Waals surface area contributed by atoms with Gasteiger partial charge in [-0.1, -0.05) is 6.07 Å². The first kappa shape index (κ1) is 18.3. The summed E-state index contributed by atoms with van der Waals surface area (Å²) in [6, 6.07) is 7.25. The van der Waals surface area contributed by atoms with E-state index < -0.39 is 0 Å². The van der Waals surface area contributed by atoms with Crippen molar-refractivity contribution in [3.05, 3.63) is 52.7 Å². The standard InChI is InChI=1S/C21H24N6O/c1-13-12-16-18(8-5-9-19(16)27-26-13)25-21(28)22-11-10-20-23-14(2)15-6-3-4-7-17(15)24-20/h5,8-9,12H,3-4,6-7,10-11H2,1-2H3,(H2,22,25,28). The summed E-state index contributed by atoms with van der Waals surface area (Å²) in [5.41, 5.74) is 5.86. The fourth-order valence-electron chi connectivity index (χ4n) is 3.68. The Morgan fingerprint density at radius 1 is 1.11 bits per heavy atom. The van der Waals surface area contributed by atoms with E-state index in [1.807, 2.05) is 31.2 Å². The number of nitrogens with one attached hydrogen (secondary N) is 2. The summed E-state index contributed by atoms with van der Waals surface area (Å²) in [7, 11) is 0. The highest BCUT2D eigenvalue weighted by molar-refractivity contribution is 6.00. The molecule has 144 valence electrons. The molecule has 1 aliphatic rings. The molecule has 7 nitrogen and oxygen atoms in total. The van der Waals surface area contributed by atoms with E-state index in [0.29, 0.717) is 18.7 Å². The number of aryl methyl sites for hydroxylation is 3. The molecule has 3 aromatic rings. The number of hydrogen-bond acceptors (Lipinski definition) is 5. The lowest BCUT2D eigenvalue weighted by molar-refractivity contribution is 0.252. The summed E-state index contributed by atoms with van der Waals surface area (Å²) in [5.74, 6) is 0.800. The Hall–Kier alpha value is -3.09. The zero-order valence-electron chi connectivity index (χ0n) is 16.2. The van der Waals surface area contributed by atoms with Gasteiger partial charge in [0.25, 0.3) is 0 Å². The second kappa shape index (κ2) is 7.88. The zero-order chi connectivity index (χ0) is 19.5. The van der Waals surface area contributed by atoms with E-state index in [-0.39, 0.29) is 6.03 Å². The van der Waals surface area contributed by atoms with E-state index >= 15 is 0 Å². The number of amides is 2. The fraction of sp³-hybridized carbons (Fsp3) is 0.381. The molecule has 0 saturated carbocycles. The number of nitrogens with zero attached hydrogens (tertiary/aromatic N) is 4. The molecular weight excluding hydrogens is 352 g/mol. The zero-order valence-corrected chi connectivity index (χ0v) is 16.2. The van der Waals surface area contributed by atoms with Gasteiger partial charge < -0.3 is 10.6 Å². The Morgan fingerprint density at radius 3 is 2.86 bits per heavy atom. The maximum absolute atomic E-state index is 12.3. The molecule has 2 amide bonds. The van der Waals surface area contributed by atoms with E-state index in [1.54, 1.807) is 0 Å². The molecule has 1 aliphatic carbocycles. The van der Waals surface area contributed by atoms with Crippen LogP contribution < -0.4 is 10.6 Å². The van der Waals surface area contributed by atoms with Crippen molar-refractivity contribution >= 4 is 22.6 Å². The number of rotatable bonds is 4. The molecule has 2 aromatic heterocycles. The van der Waals surface area contributed by atoms with Gasteiger partial charge in [0.15, 0.2) is 0 Å². The van der Waals surface area contributed by atoms with Crippen molar-refractivity contribution in [1.29, 1.82) is 0 Å². The third-order valence-corrected chi connectivity index (χ3v) is 5.07. The summed E-state index contributed by atoms with van der Waals surface area (Å²) in [4.78, 5) is 21.7. The summed E-state index contributed by atoms with van der Waals surface area (Å²) in [6.45, 7) is 4.42. The van der Waals surface area contributed by atoms with Crippen molar-refractivity contribution in [2.24, 2.45) is 0 Å². The van der Waals surface area contributed by atoms with Crippen LogP contribution in [0.4, 0.5) is 10.5 Å². The van der Waals surface area contributed by atoms with Gasteiger partial charge in [0.05, 0.1) is 16.9 Å². The monoisotopic (exact) mass is 376 g/mol. The Kier molecular flexibility index (Phi) is 5.14. The Labute approximate surface area is 164 Å². The van der Waals surface area contributed by atoms with Gasteiger partial charge in [-0.3, -0.25) is 0 Å². The van der Waals surface area contributed by atoms with E-state index in [4.69, 9.17) is 4.98 Å². The van der Waals surface area contributed by atoms with E-state index in [1.165, 1.54) is 24.1 Å². The van der Waals surface area contributed by atoms with Crippen molar-refractivity contribution in [3.63, 3.8) is 0 Å².